The van der Waals surface area contributed by atoms with Crippen LogP contribution in [0.2, 0.25) is 0 Å². The molecule has 0 atom stereocenters. The molecule has 156 valence electrons. The molecule has 0 unspecified atom stereocenters. The summed E-state index contributed by atoms with van der Waals surface area (Å²) in [7, 11) is 0. The number of hydrogen-bond donors (Lipinski definition) is 9. The van der Waals surface area contributed by atoms with Gasteiger partial charge in [0, 0.05) is 0 Å². The number of hydrogen-bond acceptors (Lipinski definition) is 9. The minimum absolute atomic E-state index is 0. The lowest BCUT2D eigenvalue weighted by Crippen LogP contribution is -2.55. The molecule has 0 aliphatic carbocycles. The zero-order valence-corrected chi connectivity index (χ0v) is 16.2. The van der Waals surface area contributed by atoms with E-state index in [9.17, 15) is 0 Å². The minimum atomic E-state index is -0.926. The molecule has 0 rings (SSSR count). The van der Waals surface area contributed by atoms with Crippen molar-refractivity contribution in [1.82, 2.24) is 16.8 Å². The summed E-state index contributed by atoms with van der Waals surface area (Å²) in [6, 6.07) is 0. The van der Waals surface area contributed by atoms with Crippen LogP contribution < -0.4 is 16.8 Å². The molecule has 11 N–H and O–H groups in total. The van der Waals surface area contributed by atoms with Crippen LogP contribution in [0.3, 0.4) is 0 Å². The largest absolute Gasteiger partial charge is 0.394 e. The number of aliphatic hydroxyl groups excluding tert-OH is 6. The Morgan fingerprint density at radius 3 is 0.880 bits per heavy atom. The lowest BCUT2D eigenvalue weighted by Gasteiger charge is -2.29. The van der Waals surface area contributed by atoms with E-state index >= 15 is 0 Å². The predicted octanol–water partition coefficient (Wildman–Crippen LogP) is -1.94. The molecule has 9 nitrogen and oxygen atoms in total. The normalized spacial score (nSPS) is 12.0. The maximum absolute atomic E-state index is 8.91. The molecule has 9 heteroatoms. The van der Waals surface area contributed by atoms with Crippen LogP contribution in [-0.4, -0.2) is 94.4 Å². The number of nitrogens with one attached hydrogen (secondary N) is 2. The van der Waals surface area contributed by atoms with Gasteiger partial charge >= 0.3 is 0 Å². The van der Waals surface area contributed by atoms with E-state index in [0.29, 0.717) is 24.9 Å². The summed E-state index contributed by atoms with van der Waals surface area (Å²) >= 11 is 0. The van der Waals surface area contributed by atoms with Gasteiger partial charge in [0.1, 0.15) is 0 Å². The number of aliphatic hydroxyl groups is 6. The maximum atomic E-state index is 8.91. The molecule has 0 saturated carbocycles. The molecule has 25 heavy (non-hydrogen) atoms. The number of rotatable bonds is 12. The van der Waals surface area contributed by atoms with Crippen LogP contribution in [0, 0.1) is 11.8 Å². The summed E-state index contributed by atoms with van der Waals surface area (Å²) in [4.78, 5) is 0. The van der Waals surface area contributed by atoms with E-state index in [1.165, 1.54) is 0 Å². The highest BCUT2D eigenvalue weighted by molar-refractivity contribution is 4.86. The third-order valence-electron chi connectivity index (χ3n) is 3.59. The molecule has 0 aromatic heterocycles. The highest BCUT2D eigenvalue weighted by Gasteiger charge is 2.27. The Morgan fingerprint density at radius 1 is 0.560 bits per heavy atom. The smallest absolute Gasteiger partial charge is 0.0881 e. The van der Waals surface area contributed by atoms with Gasteiger partial charge in [-0.25, -0.2) is 0 Å². The quantitative estimate of drug-likeness (QED) is 0.188. The third-order valence-corrected chi connectivity index (χ3v) is 3.59. The molecule has 0 aliphatic rings. The van der Waals surface area contributed by atoms with Gasteiger partial charge in [0.15, 0.2) is 0 Å². The second-order valence-electron chi connectivity index (χ2n) is 7.06. The monoisotopic (exact) mass is 371 g/mol. The van der Waals surface area contributed by atoms with E-state index < -0.39 is 11.1 Å². The second-order valence-corrected chi connectivity index (χ2v) is 7.06. The first kappa shape index (κ1) is 29.4. The molecule has 0 bridgehead atoms. The molecule has 0 aliphatic heterocycles. The van der Waals surface area contributed by atoms with Gasteiger partial charge in [-0.1, -0.05) is 27.7 Å². The Labute approximate surface area is 151 Å². The van der Waals surface area contributed by atoms with Crippen molar-refractivity contribution in [3.05, 3.63) is 0 Å². The highest BCUT2D eigenvalue weighted by Crippen LogP contribution is 2.03. The van der Waals surface area contributed by atoms with E-state index in [-0.39, 0.29) is 45.8 Å². The summed E-state index contributed by atoms with van der Waals surface area (Å²) in [5, 5.41) is 59.3. The van der Waals surface area contributed by atoms with Crippen LogP contribution in [0.15, 0.2) is 0 Å². The second kappa shape index (κ2) is 15.9. The van der Waals surface area contributed by atoms with Gasteiger partial charge in [-0.3, -0.25) is 0 Å². The molecule has 0 fully saturated rings. The molecule has 0 amide bonds. The standard InChI is InChI=1S/2C8H19NO3.H3N/c2*1-7(2)3-9-8(4-10,5-11)6-12;/h2*7,9-12H,3-6H2,1-2H3;1H3. The average molecular weight is 372 g/mol. The van der Waals surface area contributed by atoms with Crippen molar-refractivity contribution in [2.45, 2.75) is 38.8 Å². The Morgan fingerprint density at radius 2 is 0.760 bits per heavy atom. The van der Waals surface area contributed by atoms with Gasteiger partial charge < -0.3 is 47.4 Å². The zero-order valence-electron chi connectivity index (χ0n) is 16.2. The molecular formula is C16H41N3O6. The SMILES string of the molecule is CC(C)CNC(CO)(CO)CO.CC(C)CNC(CO)(CO)CO.N. The van der Waals surface area contributed by atoms with Crippen LogP contribution in [0.1, 0.15) is 27.7 Å². The molecule has 0 aromatic rings. The van der Waals surface area contributed by atoms with Gasteiger partial charge in [0.05, 0.1) is 50.7 Å². The molecular weight excluding hydrogens is 330 g/mol. The lowest BCUT2D eigenvalue weighted by atomic mass is 10.0. The van der Waals surface area contributed by atoms with Gasteiger partial charge in [-0.05, 0) is 24.9 Å². The van der Waals surface area contributed by atoms with E-state index in [2.05, 4.69) is 10.6 Å². The van der Waals surface area contributed by atoms with Crippen LogP contribution in [0.4, 0.5) is 0 Å². The van der Waals surface area contributed by atoms with Crippen LogP contribution in [-0.2, 0) is 0 Å². The Hall–Kier alpha value is -0.360. The van der Waals surface area contributed by atoms with Crippen molar-refractivity contribution >= 4 is 0 Å². The summed E-state index contributed by atoms with van der Waals surface area (Å²) < 4.78 is 0. The van der Waals surface area contributed by atoms with Gasteiger partial charge in [0.2, 0.25) is 0 Å². The first-order valence-electron chi connectivity index (χ1n) is 8.35. The van der Waals surface area contributed by atoms with Crippen LogP contribution in [0.25, 0.3) is 0 Å². The fourth-order valence-electron chi connectivity index (χ4n) is 1.48. The van der Waals surface area contributed by atoms with Crippen molar-refractivity contribution in [2.24, 2.45) is 11.8 Å². The Bertz CT molecular complexity index is 241. The minimum Gasteiger partial charge on any atom is -0.394 e. The first-order chi connectivity index (χ1) is 11.2. The van der Waals surface area contributed by atoms with Gasteiger partial charge in [0.25, 0.3) is 0 Å². The zero-order chi connectivity index (χ0) is 19.2. The van der Waals surface area contributed by atoms with E-state index in [4.69, 9.17) is 30.6 Å². The van der Waals surface area contributed by atoms with Crippen LogP contribution in [0.5, 0.6) is 0 Å². The molecule has 0 aromatic carbocycles. The fourth-order valence-corrected chi connectivity index (χ4v) is 1.48. The Kier molecular flexibility index (Phi) is 18.7. The average Bonchev–Trinajstić information content (AvgIpc) is 2.59. The summed E-state index contributed by atoms with van der Waals surface area (Å²) in [6.07, 6.45) is 0. The van der Waals surface area contributed by atoms with Crippen LogP contribution >= 0.6 is 0 Å². The van der Waals surface area contributed by atoms with E-state index in [0.717, 1.165) is 0 Å². The summed E-state index contributed by atoms with van der Waals surface area (Å²) in [6.45, 7) is 7.86. The van der Waals surface area contributed by atoms with Crippen molar-refractivity contribution in [3.8, 4) is 0 Å². The van der Waals surface area contributed by atoms with Crippen molar-refractivity contribution in [2.75, 3.05) is 52.7 Å². The fraction of sp³-hybridized carbons (Fsp3) is 1.00. The van der Waals surface area contributed by atoms with E-state index in [1.54, 1.807) is 0 Å². The van der Waals surface area contributed by atoms with E-state index in [1.807, 2.05) is 27.7 Å². The summed E-state index contributed by atoms with van der Waals surface area (Å²) in [5.74, 6) is 0.850. The topological polar surface area (TPSA) is 180 Å². The van der Waals surface area contributed by atoms with Crippen molar-refractivity contribution in [3.63, 3.8) is 0 Å². The van der Waals surface area contributed by atoms with Gasteiger partial charge in [-0.15, -0.1) is 0 Å². The highest BCUT2D eigenvalue weighted by atomic mass is 16.3. The first-order valence-corrected chi connectivity index (χ1v) is 8.35. The predicted molar refractivity (Wildman–Crippen MR) is 98.7 cm³/mol. The summed E-state index contributed by atoms with van der Waals surface area (Å²) in [5.41, 5.74) is -1.85. The lowest BCUT2D eigenvalue weighted by molar-refractivity contribution is 0.0405. The molecule has 0 saturated heterocycles. The molecule has 0 heterocycles. The van der Waals surface area contributed by atoms with Crippen molar-refractivity contribution < 1.29 is 30.6 Å². The maximum Gasteiger partial charge on any atom is 0.0881 e. The Balaban J connectivity index is -0.000000372. The third kappa shape index (κ3) is 12.6. The van der Waals surface area contributed by atoms with Crippen molar-refractivity contribution in [1.29, 1.82) is 0 Å². The van der Waals surface area contributed by atoms with Gasteiger partial charge in [-0.2, -0.15) is 0 Å². The molecule has 0 radical (unpaired) electrons. The molecule has 0 spiro atoms.